The van der Waals surface area contributed by atoms with Crippen LogP contribution in [0.4, 0.5) is 0 Å². The van der Waals surface area contributed by atoms with Crippen molar-refractivity contribution in [2.24, 2.45) is 0 Å². The minimum Gasteiger partial charge on any atom is -0.476 e. The molecule has 0 aliphatic rings. The van der Waals surface area contributed by atoms with Crippen molar-refractivity contribution >= 4 is 17.3 Å². The van der Waals surface area contributed by atoms with Crippen LogP contribution in [0.15, 0.2) is 0 Å². The number of carboxylic acids is 1. The average Bonchev–Trinajstić information content (AvgIpc) is 2.82. The number of aliphatic hydroxyl groups excluding tert-OH is 1. The van der Waals surface area contributed by atoms with Crippen LogP contribution in [0, 0.1) is 13.8 Å². The molecule has 0 aliphatic heterocycles. The Hall–Kier alpha value is -1.80. The molecule has 0 saturated heterocycles. The summed E-state index contributed by atoms with van der Waals surface area (Å²) in [5.41, 5.74) is 1.02. The molecule has 2 N–H and O–H groups in total. The third-order valence-corrected chi connectivity index (χ3v) is 3.45. The normalized spacial score (nSPS) is 10.8. The molecule has 0 radical (unpaired) electrons. The van der Waals surface area contributed by atoms with Crippen molar-refractivity contribution in [2.75, 3.05) is 6.61 Å². The van der Waals surface area contributed by atoms with Gasteiger partial charge in [-0.15, -0.1) is 16.4 Å². The molecule has 7 nitrogen and oxygen atoms in total. The predicted molar refractivity (Wildman–Crippen MR) is 64.6 cm³/mol. The van der Waals surface area contributed by atoms with Gasteiger partial charge in [-0.3, -0.25) is 0 Å². The van der Waals surface area contributed by atoms with Crippen LogP contribution in [0.3, 0.4) is 0 Å². The first-order valence-electron chi connectivity index (χ1n) is 5.26. The molecule has 0 unspecified atom stereocenters. The average molecular weight is 268 g/mol. The van der Waals surface area contributed by atoms with Crippen molar-refractivity contribution in [1.82, 2.24) is 20.0 Å². The predicted octanol–water partition coefficient (Wildman–Crippen LogP) is 0.709. The zero-order chi connectivity index (χ0) is 13.3. The van der Waals surface area contributed by atoms with E-state index >= 15 is 0 Å². The molecule has 2 aromatic heterocycles. The van der Waals surface area contributed by atoms with Crippen LogP contribution >= 0.6 is 11.3 Å². The van der Waals surface area contributed by atoms with E-state index in [1.54, 1.807) is 6.92 Å². The Bertz CT molecular complexity index is 590. The number of thiazole rings is 1. The number of hydrogen-bond acceptors (Lipinski definition) is 6. The Balaban J connectivity index is 2.62. The van der Waals surface area contributed by atoms with E-state index in [1.807, 2.05) is 6.92 Å². The van der Waals surface area contributed by atoms with Crippen LogP contribution in [0.5, 0.6) is 0 Å². The summed E-state index contributed by atoms with van der Waals surface area (Å²) in [6.45, 7) is 3.72. The van der Waals surface area contributed by atoms with Crippen LogP contribution in [0.1, 0.15) is 21.2 Å². The van der Waals surface area contributed by atoms with Crippen molar-refractivity contribution in [3.8, 4) is 10.6 Å². The van der Waals surface area contributed by atoms with E-state index in [2.05, 4.69) is 15.3 Å². The van der Waals surface area contributed by atoms with Gasteiger partial charge < -0.3 is 10.2 Å². The molecular weight excluding hydrogens is 256 g/mol. The minimum atomic E-state index is -1.14. The van der Waals surface area contributed by atoms with Crippen molar-refractivity contribution in [3.05, 3.63) is 16.4 Å². The highest BCUT2D eigenvalue weighted by Gasteiger charge is 2.23. The summed E-state index contributed by atoms with van der Waals surface area (Å²) in [5.74, 6) is -1.14. The number of aryl methyl sites for hydroxylation is 2. The molecule has 0 amide bonds. The van der Waals surface area contributed by atoms with Gasteiger partial charge in [-0.25, -0.2) is 14.5 Å². The number of rotatable bonds is 4. The van der Waals surface area contributed by atoms with E-state index in [0.29, 0.717) is 5.69 Å². The highest BCUT2D eigenvalue weighted by atomic mass is 32.1. The molecule has 2 rings (SSSR count). The number of carbonyl (C=O) groups is 1. The highest BCUT2D eigenvalue weighted by molar-refractivity contribution is 7.15. The van der Waals surface area contributed by atoms with Crippen LogP contribution < -0.4 is 0 Å². The van der Waals surface area contributed by atoms with Gasteiger partial charge in [0.2, 0.25) is 0 Å². The van der Waals surface area contributed by atoms with Gasteiger partial charge in [0.15, 0.2) is 5.69 Å². The van der Waals surface area contributed by atoms with Crippen LogP contribution in [0.25, 0.3) is 10.6 Å². The maximum absolute atomic E-state index is 11.1. The minimum absolute atomic E-state index is 0.116. The van der Waals surface area contributed by atoms with E-state index in [9.17, 15) is 4.79 Å². The molecule has 8 heteroatoms. The van der Waals surface area contributed by atoms with E-state index in [-0.39, 0.29) is 18.8 Å². The van der Waals surface area contributed by atoms with E-state index < -0.39 is 5.97 Å². The van der Waals surface area contributed by atoms with Gasteiger partial charge in [0.25, 0.3) is 0 Å². The van der Waals surface area contributed by atoms with Gasteiger partial charge in [0.1, 0.15) is 5.69 Å². The van der Waals surface area contributed by atoms with E-state index in [1.165, 1.54) is 16.0 Å². The number of carboxylic acid groups (broad SMARTS) is 1. The SMILES string of the molecule is Cc1nc(C)c(-c2c(C(=O)O)nnn2CCO)s1. The first-order valence-corrected chi connectivity index (χ1v) is 6.08. The van der Waals surface area contributed by atoms with Gasteiger partial charge in [-0.2, -0.15) is 0 Å². The first-order chi connectivity index (χ1) is 8.54. The summed E-state index contributed by atoms with van der Waals surface area (Å²) in [6, 6.07) is 0. The number of aromatic carboxylic acids is 1. The van der Waals surface area contributed by atoms with Gasteiger partial charge in [0, 0.05) is 0 Å². The van der Waals surface area contributed by atoms with Crippen LogP contribution in [-0.4, -0.2) is 42.8 Å². The zero-order valence-corrected chi connectivity index (χ0v) is 10.7. The van der Waals surface area contributed by atoms with Gasteiger partial charge in [-0.05, 0) is 13.8 Å². The molecule has 2 aromatic rings. The Morgan fingerprint density at radius 3 is 2.67 bits per heavy atom. The zero-order valence-electron chi connectivity index (χ0n) is 9.91. The second kappa shape index (κ2) is 4.83. The first kappa shape index (κ1) is 12.7. The molecule has 18 heavy (non-hydrogen) atoms. The Kier molecular flexibility index (Phi) is 3.39. The van der Waals surface area contributed by atoms with E-state index in [4.69, 9.17) is 10.2 Å². The standard InChI is InChI=1S/C10H12N4O3S/c1-5-9(18-6(2)11-5)8-7(10(16)17)12-13-14(8)3-4-15/h15H,3-4H2,1-2H3,(H,16,17). The molecule has 0 aliphatic carbocycles. The third kappa shape index (κ3) is 2.12. The molecular formula is C10H12N4O3S. The maximum atomic E-state index is 11.1. The lowest BCUT2D eigenvalue weighted by atomic mass is 10.2. The molecule has 96 valence electrons. The number of hydrogen-bond donors (Lipinski definition) is 2. The lowest BCUT2D eigenvalue weighted by molar-refractivity contribution is 0.0691. The highest BCUT2D eigenvalue weighted by Crippen LogP contribution is 2.31. The van der Waals surface area contributed by atoms with Crippen LogP contribution in [0.2, 0.25) is 0 Å². The lowest BCUT2D eigenvalue weighted by Gasteiger charge is -2.03. The summed E-state index contributed by atoms with van der Waals surface area (Å²) in [4.78, 5) is 16.1. The Morgan fingerprint density at radius 1 is 1.44 bits per heavy atom. The summed E-state index contributed by atoms with van der Waals surface area (Å²) >= 11 is 1.39. The largest absolute Gasteiger partial charge is 0.476 e. The molecule has 2 heterocycles. The maximum Gasteiger partial charge on any atom is 0.358 e. The van der Waals surface area contributed by atoms with Gasteiger partial charge in [-0.1, -0.05) is 5.21 Å². The quantitative estimate of drug-likeness (QED) is 0.846. The molecule has 0 bridgehead atoms. The number of aliphatic hydroxyl groups is 1. The number of nitrogens with zero attached hydrogens (tertiary/aromatic N) is 4. The molecule has 0 aromatic carbocycles. The van der Waals surface area contributed by atoms with E-state index in [0.717, 1.165) is 15.6 Å². The van der Waals surface area contributed by atoms with Crippen molar-refractivity contribution in [1.29, 1.82) is 0 Å². The monoisotopic (exact) mass is 268 g/mol. The van der Waals surface area contributed by atoms with Crippen molar-refractivity contribution in [3.63, 3.8) is 0 Å². The summed E-state index contributed by atoms with van der Waals surface area (Å²) in [7, 11) is 0. The van der Waals surface area contributed by atoms with Gasteiger partial charge >= 0.3 is 5.97 Å². The summed E-state index contributed by atoms with van der Waals surface area (Å²) < 4.78 is 1.39. The molecule has 0 atom stereocenters. The fourth-order valence-electron chi connectivity index (χ4n) is 1.68. The molecule has 0 saturated carbocycles. The lowest BCUT2D eigenvalue weighted by Crippen LogP contribution is -2.07. The van der Waals surface area contributed by atoms with Crippen molar-refractivity contribution < 1.29 is 15.0 Å². The second-order valence-corrected chi connectivity index (χ2v) is 4.89. The molecule has 0 spiro atoms. The second-order valence-electron chi connectivity index (χ2n) is 3.69. The number of aromatic nitrogens is 4. The van der Waals surface area contributed by atoms with Gasteiger partial charge in [0.05, 0.1) is 28.7 Å². The topological polar surface area (TPSA) is 101 Å². The van der Waals surface area contributed by atoms with Crippen molar-refractivity contribution in [2.45, 2.75) is 20.4 Å². The Labute approximate surface area is 107 Å². The smallest absolute Gasteiger partial charge is 0.358 e. The Morgan fingerprint density at radius 2 is 2.17 bits per heavy atom. The summed E-state index contributed by atoms with van der Waals surface area (Å²) in [6.07, 6.45) is 0. The van der Waals surface area contributed by atoms with Crippen LogP contribution in [-0.2, 0) is 6.54 Å². The fourth-order valence-corrected chi connectivity index (χ4v) is 2.65. The fraction of sp³-hybridized carbons (Fsp3) is 0.400. The molecule has 0 fully saturated rings. The third-order valence-electron chi connectivity index (χ3n) is 2.37. The summed E-state index contributed by atoms with van der Waals surface area (Å²) in [5, 5.41) is 26.3.